The Balaban J connectivity index is 2.09. The Kier molecular flexibility index (Phi) is 7.17. The summed E-state index contributed by atoms with van der Waals surface area (Å²) in [5.41, 5.74) is 1.80. The maximum atomic E-state index is 12.5. The number of carbonyl (C=O) groups is 2. The van der Waals surface area contributed by atoms with Crippen molar-refractivity contribution >= 4 is 39.1 Å². The molecule has 7 heteroatoms. The predicted octanol–water partition coefficient (Wildman–Crippen LogP) is 3.71. The molecular formula is C19H21BrN2O4. The van der Waals surface area contributed by atoms with Crippen molar-refractivity contribution in [2.24, 2.45) is 0 Å². The smallest absolute Gasteiger partial charge is 0.255 e. The van der Waals surface area contributed by atoms with Crippen LogP contribution in [0, 0.1) is 0 Å². The summed E-state index contributed by atoms with van der Waals surface area (Å²) in [6.07, 6.45) is 0. The second kappa shape index (κ2) is 9.35. The fourth-order valence-electron chi connectivity index (χ4n) is 2.17. The van der Waals surface area contributed by atoms with Crippen LogP contribution in [0.2, 0.25) is 0 Å². The van der Waals surface area contributed by atoms with Crippen LogP contribution in [0.1, 0.15) is 17.3 Å². The summed E-state index contributed by atoms with van der Waals surface area (Å²) in [4.78, 5) is 25.5. The minimum atomic E-state index is -0.253. The highest BCUT2D eigenvalue weighted by atomic mass is 79.9. The fraction of sp³-hybridized carbons (Fsp3) is 0.263. The monoisotopic (exact) mass is 420 g/mol. The van der Waals surface area contributed by atoms with Gasteiger partial charge in [0.05, 0.1) is 11.1 Å². The number of anilines is 2. The number of benzene rings is 2. The highest BCUT2D eigenvalue weighted by Gasteiger charge is 2.11. The lowest BCUT2D eigenvalue weighted by Crippen LogP contribution is -2.23. The first kappa shape index (κ1) is 19.9. The van der Waals surface area contributed by atoms with Crippen LogP contribution in [-0.4, -0.2) is 39.2 Å². The molecular weight excluding hydrogens is 400 g/mol. The molecule has 138 valence electrons. The quantitative estimate of drug-likeness (QED) is 0.693. The second-order valence-corrected chi connectivity index (χ2v) is 6.42. The van der Waals surface area contributed by atoms with E-state index >= 15 is 0 Å². The third-order valence-corrected chi connectivity index (χ3v) is 4.32. The largest absolute Gasteiger partial charge is 0.490 e. The van der Waals surface area contributed by atoms with Crippen molar-refractivity contribution in [1.82, 2.24) is 0 Å². The van der Waals surface area contributed by atoms with Crippen molar-refractivity contribution in [3.8, 4) is 5.75 Å². The molecule has 6 nitrogen and oxygen atoms in total. The third-order valence-electron chi connectivity index (χ3n) is 3.70. The lowest BCUT2D eigenvalue weighted by molar-refractivity contribution is -0.116. The van der Waals surface area contributed by atoms with Crippen LogP contribution < -0.4 is 15.0 Å². The molecule has 26 heavy (non-hydrogen) atoms. The molecule has 0 saturated carbocycles. The maximum Gasteiger partial charge on any atom is 0.255 e. The zero-order valence-corrected chi connectivity index (χ0v) is 16.5. The van der Waals surface area contributed by atoms with Crippen LogP contribution in [0.4, 0.5) is 11.4 Å². The van der Waals surface area contributed by atoms with E-state index in [1.165, 1.54) is 11.8 Å². The summed E-state index contributed by atoms with van der Waals surface area (Å²) in [5.74, 6) is 0.307. The van der Waals surface area contributed by atoms with E-state index in [-0.39, 0.29) is 11.8 Å². The van der Waals surface area contributed by atoms with Gasteiger partial charge < -0.3 is 19.7 Å². The molecule has 0 bridgehead atoms. The van der Waals surface area contributed by atoms with Crippen molar-refractivity contribution in [2.45, 2.75) is 6.92 Å². The van der Waals surface area contributed by atoms with Crippen molar-refractivity contribution in [2.75, 3.05) is 37.6 Å². The van der Waals surface area contributed by atoms with Gasteiger partial charge in [-0.25, -0.2) is 0 Å². The molecule has 2 amide bonds. The van der Waals surface area contributed by atoms with Gasteiger partial charge in [0, 0.05) is 38.0 Å². The van der Waals surface area contributed by atoms with Gasteiger partial charge >= 0.3 is 0 Å². The van der Waals surface area contributed by atoms with E-state index in [0.29, 0.717) is 40.4 Å². The standard InChI is InChI=1S/C19H21BrN2O4/c1-13(23)22(2)16-6-4-5-15(12-16)21-19(24)14-7-8-18(17(20)11-14)26-10-9-25-3/h4-8,11-12H,9-10H2,1-3H3,(H,21,24). The summed E-state index contributed by atoms with van der Waals surface area (Å²) in [6, 6.07) is 12.2. The van der Waals surface area contributed by atoms with Gasteiger partial charge in [-0.05, 0) is 52.3 Å². The molecule has 0 spiro atoms. The van der Waals surface area contributed by atoms with Crippen LogP contribution in [0.25, 0.3) is 0 Å². The van der Waals surface area contributed by atoms with Crippen LogP contribution in [-0.2, 0) is 9.53 Å². The Morgan fingerprint density at radius 3 is 2.58 bits per heavy atom. The van der Waals surface area contributed by atoms with E-state index in [9.17, 15) is 9.59 Å². The number of hydrogen-bond acceptors (Lipinski definition) is 4. The molecule has 0 heterocycles. The van der Waals surface area contributed by atoms with Crippen molar-refractivity contribution in [3.63, 3.8) is 0 Å². The number of rotatable bonds is 7. The summed E-state index contributed by atoms with van der Waals surface area (Å²) in [6.45, 7) is 2.40. The highest BCUT2D eigenvalue weighted by Crippen LogP contribution is 2.27. The van der Waals surface area contributed by atoms with Gasteiger partial charge in [-0.15, -0.1) is 0 Å². The van der Waals surface area contributed by atoms with Gasteiger partial charge in [-0.3, -0.25) is 9.59 Å². The fourth-order valence-corrected chi connectivity index (χ4v) is 2.66. The lowest BCUT2D eigenvalue weighted by Gasteiger charge is -2.16. The molecule has 0 aliphatic rings. The van der Waals surface area contributed by atoms with E-state index in [1.807, 2.05) is 0 Å². The first-order valence-electron chi connectivity index (χ1n) is 7.99. The lowest BCUT2D eigenvalue weighted by atomic mass is 10.2. The minimum absolute atomic E-state index is 0.0820. The highest BCUT2D eigenvalue weighted by molar-refractivity contribution is 9.10. The van der Waals surface area contributed by atoms with E-state index in [0.717, 1.165) is 0 Å². The van der Waals surface area contributed by atoms with Gasteiger partial charge in [0.1, 0.15) is 12.4 Å². The number of amides is 2. The van der Waals surface area contributed by atoms with Gasteiger partial charge in [-0.2, -0.15) is 0 Å². The third kappa shape index (κ3) is 5.31. The molecule has 0 aliphatic heterocycles. The summed E-state index contributed by atoms with van der Waals surface area (Å²) in [7, 11) is 3.29. The van der Waals surface area contributed by atoms with Crippen molar-refractivity contribution < 1.29 is 19.1 Å². The Labute approximate surface area is 161 Å². The molecule has 0 radical (unpaired) electrons. The van der Waals surface area contributed by atoms with Crippen LogP contribution >= 0.6 is 15.9 Å². The number of hydrogen-bond donors (Lipinski definition) is 1. The average Bonchev–Trinajstić information content (AvgIpc) is 2.62. The molecule has 0 aliphatic carbocycles. The van der Waals surface area contributed by atoms with E-state index in [2.05, 4.69) is 21.2 Å². The summed E-state index contributed by atoms with van der Waals surface area (Å²) < 4.78 is 11.2. The Hall–Kier alpha value is -2.38. The minimum Gasteiger partial charge on any atom is -0.490 e. The number of methoxy groups -OCH3 is 1. The van der Waals surface area contributed by atoms with Gasteiger partial charge in [0.25, 0.3) is 5.91 Å². The van der Waals surface area contributed by atoms with E-state index in [4.69, 9.17) is 9.47 Å². The Morgan fingerprint density at radius 2 is 1.92 bits per heavy atom. The molecule has 2 aromatic rings. The predicted molar refractivity (Wildman–Crippen MR) is 105 cm³/mol. The summed E-state index contributed by atoms with van der Waals surface area (Å²) >= 11 is 3.41. The van der Waals surface area contributed by atoms with E-state index in [1.54, 1.807) is 56.6 Å². The molecule has 0 unspecified atom stereocenters. The number of nitrogens with one attached hydrogen (secondary N) is 1. The molecule has 1 N–H and O–H groups in total. The average molecular weight is 421 g/mol. The molecule has 2 aromatic carbocycles. The number of halogens is 1. The first-order chi connectivity index (χ1) is 12.4. The molecule has 2 rings (SSSR count). The maximum absolute atomic E-state index is 12.5. The van der Waals surface area contributed by atoms with Gasteiger partial charge in [0.2, 0.25) is 5.91 Å². The second-order valence-electron chi connectivity index (χ2n) is 5.57. The van der Waals surface area contributed by atoms with E-state index < -0.39 is 0 Å². The number of carbonyl (C=O) groups excluding carboxylic acids is 2. The van der Waals surface area contributed by atoms with Gasteiger partial charge in [-0.1, -0.05) is 6.07 Å². The molecule has 0 aromatic heterocycles. The Morgan fingerprint density at radius 1 is 1.15 bits per heavy atom. The zero-order chi connectivity index (χ0) is 19.1. The number of ether oxygens (including phenoxy) is 2. The number of nitrogens with zero attached hydrogens (tertiary/aromatic N) is 1. The zero-order valence-electron chi connectivity index (χ0n) is 14.9. The van der Waals surface area contributed by atoms with Crippen molar-refractivity contribution in [1.29, 1.82) is 0 Å². The van der Waals surface area contributed by atoms with Crippen LogP contribution in [0.15, 0.2) is 46.9 Å². The first-order valence-corrected chi connectivity index (χ1v) is 8.78. The van der Waals surface area contributed by atoms with Crippen LogP contribution in [0.3, 0.4) is 0 Å². The van der Waals surface area contributed by atoms with Gasteiger partial charge in [0.15, 0.2) is 0 Å². The molecule has 0 saturated heterocycles. The molecule has 0 atom stereocenters. The SMILES string of the molecule is COCCOc1ccc(C(=O)Nc2cccc(N(C)C(C)=O)c2)cc1Br. The topological polar surface area (TPSA) is 67.9 Å². The van der Waals surface area contributed by atoms with Crippen LogP contribution in [0.5, 0.6) is 5.75 Å². The normalized spacial score (nSPS) is 10.3. The Bertz CT molecular complexity index is 795. The van der Waals surface area contributed by atoms with Crippen molar-refractivity contribution in [3.05, 3.63) is 52.5 Å². The molecule has 0 fully saturated rings. The summed E-state index contributed by atoms with van der Waals surface area (Å²) in [5, 5.41) is 2.83.